The molecule has 0 aliphatic carbocycles. The van der Waals surface area contributed by atoms with Gasteiger partial charge in [-0.25, -0.2) is 0 Å². The van der Waals surface area contributed by atoms with Crippen LogP contribution in [0.5, 0.6) is 0 Å². The van der Waals surface area contributed by atoms with Crippen molar-refractivity contribution in [2.24, 2.45) is 0 Å². The maximum Gasteiger partial charge on any atom is 0 e. The Morgan fingerprint density at radius 3 is 0.400 bits per heavy atom. The van der Waals surface area contributed by atoms with E-state index in [4.69, 9.17) is 0 Å². The maximum atomic E-state index is 0. The monoisotopic (exact) mass is 328 g/mol. The Kier molecular flexibility index (Phi) is 16.5. The molecule has 0 aliphatic heterocycles. The number of halogens is 4. The van der Waals surface area contributed by atoms with Crippen LogP contribution in [0.1, 0.15) is 0 Å². The molecule has 0 fully saturated rings. The fourth-order valence-corrected chi connectivity index (χ4v) is 0. The first kappa shape index (κ1) is 16.8. The molecule has 0 saturated carbocycles. The molecule has 0 aromatic rings. The molecule has 0 saturated heterocycles. The molecule has 1 radical (unpaired) electrons. The fraction of sp³-hybridized carbons (Fsp3) is 0. The van der Waals surface area contributed by atoms with Crippen LogP contribution in [0.4, 0.5) is 0 Å². The van der Waals surface area contributed by atoms with E-state index < -0.39 is 0 Å². The summed E-state index contributed by atoms with van der Waals surface area (Å²) in [6.07, 6.45) is 0. The van der Waals surface area contributed by atoms with Crippen LogP contribution in [0.15, 0.2) is 0 Å². The summed E-state index contributed by atoms with van der Waals surface area (Å²) in [7, 11) is 0. The molecule has 5 heavy (non-hydrogen) atoms. The second-order valence-corrected chi connectivity index (χ2v) is 0. The summed E-state index contributed by atoms with van der Waals surface area (Å²) in [6.45, 7) is 0. The van der Waals surface area contributed by atoms with Crippen LogP contribution in [0.3, 0.4) is 0 Å². The normalized spacial score (nSPS) is 0. The van der Waals surface area contributed by atoms with Gasteiger partial charge in [-0.05, 0) is 0 Å². The zero-order valence-corrected chi connectivity index (χ0v) is 4.32. The Morgan fingerprint density at radius 1 is 0.400 bits per heavy atom. The number of hydrogen-bond donors (Lipinski definition) is 0. The van der Waals surface area contributed by atoms with E-state index >= 15 is 0 Å². The van der Waals surface area contributed by atoms with Gasteiger partial charge < -0.3 is 18.8 Å². The molecular formula is EsF4-4. The molecule has 0 amide bonds. The van der Waals surface area contributed by atoms with Gasteiger partial charge in [0.25, 0.3) is 0 Å². The molecule has 43 valence electrons. The molecule has 0 spiro atoms. The molecule has 0 unspecified atom stereocenters. The van der Waals surface area contributed by atoms with Gasteiger partial charge in [0.2, 0.25) is 0 Å². The Morgan fingerprint density at radius 2 is 0.400 bits per heavy atom. The van der Waals surface area contributed by atoms with E-state index in [9.17, 15) is 0 Å². The molecule has 0 atom stereocenters. The fourth-order valence-electron chi connectivity index (χ4n) is 0. The van der Waals surface area contributed by atoms with Crippen LogP contribution < -0.4 is 18.8 Å². The zero-order valence-electron chi connectivity index (χ0n) is 1.81. The van der Waals surface area contributed by atoms with Gasteiger partial charge >= 0.3 is 0 Å². The van der Waals surface area contributed by atoms with E-state index in [1.54, 1.807) is 0 Å². The van der Waals surface area contributed by atoms with Crippen LogP contribution in [-0.2, 0) is 0 Å². The van der Waals surface area contributed by atoms with Crippen molar-refractivity contribution < 1.29 is 18.8 Å². The minimum atomic E-state index is 0. The van der Waals surface area contributed by atoms with Crippen LogP contribution in [-0.4, -0.2) is 0 Å². The Hall–Kier alpha value is -1.28. The van der Waals surface area contributed by atoms with E-state index in [0.717, 1.165) is 0 Å². The predicted octanol–water partition coefficient (Wildman–Crippen LogP) is -12.0. The molecule has 0 nitrogen and oxygen atoms in total. The summed E-state index contributed by atoms with van der Waals surface area (Å²) < 4.78 is 0. The van der Waals surface area contributed by atoms with E-state index in [1.807, 2.05) is 0 Å². The van der Waals surface area contributed by atoms with Gasteiger partial charge in [-0.1, -0.05) is 0 Å². The van der Waals surface area contributed by atoms with Crippen LogP contribution in [0.25, 0.3) is 0 Å². The first-order valence-electron chi connectivity index (χ1n) is 0. The molecular weight excluding hydrogens is 328 g/mol. The van der Waals surface area contributed by atoms with Gasteiger partial charge in [-0.3, -0.25) is 0 Å². The summed E-state index contributed by atoms with van der Waals surface area (Å²) in [5.74, 6) is 0. The minimum Gasteiger partial charge on any atom is -1.00 e. The SMILES string of the molecule is [Es].[F-].[F-].[F-].[F-]. The topological polar surface area (TPSA) is 0 Å². The van der Waals surface area contributed by atoms with Crippen molar-refractivity contribution in [2.75, 3.05) is 0 Å². The summed E-state index contributed by atoms with van der Waals surface area (Å²) in [5.41, 5.74) is 0. The third-order valence-corrected chi connectivity index (χ3v) is 0. The van der Waals surface area contributed by atoms with Crippen molar-refractivity contribution in [1.82, 2.24) is 0 Å². The number of rotatable bonds is 0. The minimum absolute atomic E-state index is 0. The van der Waals surface area contributed by atoms with Crippen molar-refractivity contribution in [3.05, 3.63) is 0 Å². The zero-order chi connectivity index (χ0) is 0. The smallest absolute Gasteiger partial charge is 0 e. The molecule has 0 N–H and O–H groups in total. The molecule has 0 aromatic carbocycles. The maximum absolute atomic E-state index is 0. The van der Waals surface area contributed by atoms with Crippen LogP contribution in [0.2, 0.25) is 0 Å². The first-order chi connectivity index (χ1) is 0. The van der Waals surface area contributed by atoms with Crippen molar-refractivity contribution >= 4 is 0 Å². The van der Waals surface area contributed by atoms with Gasteiger partial charge in [0.1, 0.15) is 0 Å². The van der Waals surface area contributed by atoms with E-state index in [2.05, 4.69) is 0 Å². The molecule has 5 heteroatoms. The second-order valence-electron chi connectivity index (χ2n) is 0. The quantitative estimate of drug-likeness (QED) is 0.388. The third kappa shape index (κ3) is 0.861. The van der Waals surface area contributed by atoms with Crippen molar-refractivity contribution in [1.29, 1.82) is 0 Å². The molecule has 0 aromatic heterocycles. The summed E-state index contributed by atoms with van der Waals surface area (Å²) >= 11 is 0. The predicted molar refractivity (Wildman–Crippen MR) is 0 cm³/mol. The van der Waals surface area contributed by atoms with E-state index in [-0.39, 0.29) is 18.8 Å². The van der Waals surface area contributed by atoms with Crippen molar-refractivity contribution in [3.8, 4) is 0 Å². The van der Waals surface area contributed by atoms with Gasteiger partial charge in [-0.15, -0.1) is 0 Å². The molecule has 0 heterocycles. The van der Waals surface area contributed by atoms with Crippen molar-refractivity contribution in [3.63, 3.8) is 0 Å². The molecule has 0 aliphatic rings. The van der Waals surface area contributed by atoms with Crippen molar-refractivity contribution in [2.45, 2.75) is 0 Å². The third-order valence-electron chi connectivity index (χ3n) is 0. The summed E-state index contributed by atoms with van der Waals surface area (Å²) in [4.78, 5) is 0. The molecule has 0 bridgehead atoms. The average Bonchev–Trinajstić information content (AvgIpc) is 0. The average molecular weight is 328 g/mol. The summed E-state index contributed by atoms with van der Waals surface area (Å²) in [5, 5.41) is 0. The Balaban J connectivity index is 0. The first-order valence-corrected chi connectivity index (χ1v) is 0. The van der Waals surface area contributed by atoms with Gasteiger partial charge in [-0.2, -0.15) is 0 Å². The molecule has 0 rings (SSSR count). The number of hydrogen-bond acceptors (Lipinski definition) is 0. The van der Waals surface area contributed by atoms with Crippen LogP contribution >= 0.6 is 0 Å². The second kappa shape index (κ2) is 4.91. The Labute approximate surface area is 20.3 Å². The van der Waals surface area contributed by atoms with E-state index in [0.29, 0.717) is 0 Å². The summed E-state index contributed by atoms with van der Waals surface area (Å²) in [6, 6.07) is 0. The van der Waals surface area contributed by atoms with Gasteiger partial charge in [0.15, 0.2) is 0 Å². The van der Waals surface area contributed by atoms with E-state index in [1.165, 1.54) is 0 Å². The Bertz CT molecular complexity index is 3.61. The largest absolute Gasteiger partial charge is 1.00 e. The van der Waals surface area contributed by atoms with Gasteiger partial charge in [0, 0.05) is 0 Å². The standard InChI is InChI=1S/Es.4FH/h;4*1H/p-4. The van der Waals surface area contributed by atoms with Gasteiger partial charge in [0.05, 0.1) is 0 Å². The van der Waals surface area contributed by atoms with Crippen LogP contribution in [0, 0.1) is 0 Å².